The third-order valence-electron chi connectivity index (χ3n) is 2.75. The van der Waals surface area contributed by atoms with Gasteiger partial charge in [-0.15, -0.1) is 0 Å². The fourth-order valence-corrected chi connectivity index (χ4v) is 3.19. The molecule has 0 radical (unpaired) electrons. The van der Waals surface area contributed by atoms with Crippen LogP contribution in [-0.4, -0.2) is 42.2 Å². The summed E-state index contributed by atoms with van der Waals surface area (Å²) < 4.78 is 26.2. The van der Waals surface area contributed by atoms with E-state index in [9.17, 15) is 23.3 Å². The molecular formula is C11H14N2O7S. The molecule has 3 N–H and O–H groups in total. The molecule has 0 spiro atoms. The molecule has 1 aromatic rings. The summed E-state index contributed by atoms with van der Waals surface area (Å²) in [5.74, 6) is -1.45. The molecule has 0 saturated heterocycles. The van der Waals surface area contributed by atoms with E-state index in [-0.39, 0.29) is 22.6 Å². The molecule has 0 aromatic heterocycles. The number of nitro groups is 1. The quantitative estimate of drug-likeness (QED) is 0.474. The second kappa shape index (κ2) is 6.61. The van der Waals surface area contributed by atoms with Gasteiger partial charge in [0.25, 0.3) is 5.69 Å². The lowest BCUT2D eigenvalue weighted by atomic mass is 10.2. The second-order valence-corrected chi connectivity index (χ2v) is 5.86. The molecule has 1 atom stereocenters. The first-order chi connectivity index (χ1) is 9.70. The number of aliphatic hydroxyl groups is 1. The average molecular weight is 318 g/mol. The number of aliphatic carboxylic acids is 1. The summed E-state index contributed by atoms with van der Waals surface area (Å²) in [5, 5.41) is 28.4. The van der Waals surface area contributed by atoms with Crippen LogP contribution < -0.4 is 4.72 Å². The number of aliphatic hydroxyl groups excluding tert-OH is 1. The lowest BCUT2D eigenvalue weighted by Crippen LogP contribution is -2.41. The van der Waals surface area contributed by atoms with Gasteiger partial charge in [0.1, 0.15) is 6.04 Å². The number of hydrogen-bond acceptors (Lipinski definition) is 6. The Bertz CT molecular complexity index is 657. The van der Waals surface area contributed by atoms with Crippen molar-refractivity contribution in [3.8, 4) is 0 Å². The molecule has 0 aliphatic carbocycles. The van der Waals surface area contributed by atoms with E-state index in [0.29, 0.717) is 0 Å². The van der Waals surface area contributed by atoms with Crippen LogP contribution in [0.3, 0.4) is 0 Å². The van der Waals surface area contributed by atoms with Gasteiger partial charge in [-0.1, -0.05) is 6.07 Å². The Kier molecular flexibility index (Phi) is 5.35. The van der Waals surface area contributed by atoms with E-state index in [1.165, 1.54) is 13.0 Å². The number of hydrogen-bond donors (Lipinski definition) is 3. The summed E-state index contributed by atoms with van der Waals surface area (Å²) in [4.78, 5) is 20.6. The van der Waals surface area contributed by atoms with Crippen LogP contribution in [0, 0.1) is 17.0 Å². The second-order valence-electron chi connectivity index (χ2n) is 4.18. The number of benzene rings is 1. The van der Waals surface area contributed by atoms with Gasteiger partial charge < -0.3 is 10.2 Å². The highest BCUT2D eigenvalue weighted by Crippen LogP contribution is 2.24. The van der Waals surface area contributed by atoms with Gasteiger partial charge in [0.2, 0.25) is 10.0 Å². The first kappa shape index (κ1) is 17.0. The van der Waals surface area contributed by atoms with Crippen LogP contribution in [0.4, 0.5) is 5.69 Å². The normalized spacial score (nSPS) is 12.9. The fourth-order valence-electron chi connectivity index (χ4n) is 1.70. The van der Waals surface area contributed by atoms with Crippen molar-refractivity contribution in [2.24, 2.45) is 0 Å². The minimum Gasteiger partial charge on any atom is -0.480 e. The number of carboxylic acids is 1. The van der Waals surface area contributed by atoms with Gasteiger partial charge in [-0.2, -0.15) is 4.72 Å². The molecule has 0 unspecified atom stereocenters. The van der Waals surface area contributed by atoms with Crippen LogP contribution in [0.5, 0.6) is 0 Å². The lowest BCUT2D eigenvalue weighted by molar-refractivity contribution is -0.385. The smallest absolute Gasteiger partial charge is 0.321 e. The molecule has 0 bridgehead atoms. The van der Waals surface area contributed by atoms with Crippen molar-refractivity contribution in [1.29, 1.82) is 0 Å². The van der Waals surface area contributed by atoms with Crippen LogP contribution in [-0.2, 0) is 14.8 Å². The number of nitrogens with one attached hydrogen (secondary N) is 1. The maximum Gasteiger partial charge on any atom is 0.321 e. The Morgan fingerprint density at radius 2 is 2.10 bits per heavy atom. The molecule has 9 nitrogen and oxygen atoms in total. The largest absolute Gasteiger partial charge is 0.480 e. The SMILES string of the molecule is Cc1c([N+](=O)[O-])cccc1S(=O)(=O)N[C@@H](CCO)C(=O)O. The summed E-state index contributed by atoms with van der Waals surface area (Å²) in [6.07, 6.45) is -0.317. The summed E-state index contributed by atoms with van der Waals surface area (Å²) in [6, 6.07) is 1.97. The van der Waals surface area contributed by atoms with Crippen molar-refractivity contribution in [2.45, 2.75) is 24.3 Å². The molecule has 0 amide bonds. The first-order valence-corrected chi connectivity index (χ1v) is 7.29. The Hall–Kier alpha value is -2.04. The zero-order valence-corrected chi connectivity index (χ0v) is 11.8. The molecule has 10 heteroatoms. The van der Waals surface area contributed by atoms with Crippen molar-refractivity contribution < 1.29 is 28.3 Å². The molecule has 1 aromatic carbocycles. The van der Waals surface area contributed by atoms with Crippen LogP contribution >= 0.6 is 0 Å². The van der Waals surface area contributed by atoms with E-state index in [0.717, 1.165) is 12.1 Å². The topological polar surface area (TPSA) is 147 Å². The van der Waals surface area contributed by atoms with Crippen molar-refractivity contribution in [3.05, 3.63) is 33.9 Å². The molecule has 0 fully saturated rings. The van der Waals surface area contributed by atoms with Gasteiger partial charge in [0, 0.05) is 18.2 Å². The van der Waals surface area contributed by atoms with Crippen LogP contribution in [0.2, 0.25) is 0 Å². The van der Waals surface area contributed by atoms with Crippen molar-refractivity contribution in [3.63, 3.8) is 0 Å². The van der Waals surface area contributed by atoms with Crippen molar-refractivity contribution >= 4 is 21.7 Å². The van der Waals surface area contributed by atoms with Crippen LogP contribution in [0.1, 0.15) is 12.0 Å². The number of carboxylic acid groups (broad SMARTS) is 1. The highest BCUT2D eigenvalue weighted by Gasteiger charge is 2.28. The Morgan fingerprint density at radius 3 is 2.57 bits per heavy atom. The monoisotopic (exact) mass is 318 g/mol. The zero-order valence-electron chi connectivity index (χ0n) is 11.0. The molecule has 0 saturated carbocycles. The number of carbonyl (C=O) groups is 1. The molecule has 0 heterocycles. The number of nitro benzene ring substituents is 1. The third-order valence-corrected chi connectivity index (χ3v) is 4.37. The highest BCUT2D eigenvalue weighted by molar-refractivity contribution is 7.89. The van der Waals surface area contributed by atoms with E-state index in [1.54, 1.807) is 0 Å². The summed E-state index contributed by atoms with van der Waals surface area (Å²) in [6.45, 7) is 0.738. The third kappa shape index (κ3) is 3.97. The molecule has 0 aliphatic rings. The van der Waals surface area contributed by atoms with Crippen molar-refractivity contribution in [2.75, 3.05) is 6.61 Å². The summed E-state index contributed by atoms with van der Waals surface area (Å²) in [5.41, 5.74) is -0.477. The van der Waals surface area contributed by atoms with E-state index in [4.69, 9.17) is 10.2 Å². The van der Waals surface area contributed by atoms with Gasteiger partial charge in [-0.3, -0.25) is 14.9 Å². The predicted octanol–water partition coefficient (Wildman–Crippen LogP) is 0.0171. The standard InChI is InChI=1S/C11H14N2O7S/c1-7-9(13(17)18)3-2-4-10(7)21(19,20)12-8(5-6-14)11(15)16/h2-4,8,12,14H,5-6H2,1H3,(H,15,16)/t8-/m0/s1. The van der Waals surface area contributed by atoms with Crippen molar-refractivity contribution in [1.82, 2.24) is 4.72 Å². The van der Waals surface area contributed by atoms with Gasteiger partial charge in [0.05, 0.1) is 9.82 Å². The fraction of sp³-hybridized carbons (Fsp3) is 0.364. The maximum absolute atomic E-state index is 12.1. The Morgan fingerprint density at radius 1 is 1.48 bits per heavy atom. The highest BCUT2D eigenvalue weighted by atomic mass is 32.2. The van der Waals surface area contributed by atoms with E-state index in [1.807, 2.05) is 4.72 Å². The summed E-state index contributed by atoms with van der Waals surface area (Å²) in [7, 11) is -4.26. The lowest BCUT2D eigenvalue weighted by Gasteiger charge is -2.14. The van der Waals surface area contributed by atoms with Gasteiger partial charge in [-0.25, -0.2) is 8.42 Å². The number of rotatable bonds is 7. The number of nitrogens with zero attached hydrogens (tertiary/aromatic N) is 1. The van der Waals surface area contributed by atoms with E-state index < -0.39 is 33.6 Å². The predicted molar refractivity (Wildman–Crippen MR) is 71.3 cm³/mol. The van der Waals surface area contributed by atoms with Crippen LogP contribution in [0.25, 0.3) is 0 Å². The Balaban J connectivity index is 3.22. The minimum absolute atomic E-state index is 0.0943. The molecular weight excluding hydrogens is 304 g/mol. The van der Waals surface area contributed by atoms with E-state index in [2.05, 4.69) is 0 Å². The molecule has 116 valence electrons. The van der Waals surface area contributed by atoms with E-state index >= 15 is 0 Å². The minimum atomic E-state index is -4.26. The molecule has 1 rings (SSSR count). The molecule has 0 aliphatic heterocycles. The Labute approximate surface area is 120 Å². The van der Waals surface area contributed by atoms with Crippen LogP contribution in [0.15, 0.2) is 23.1 Å². The molecule has 21 heavy (non-hydrogen) atoms. The first-order valence-electron chi connectivity index (χ1n) is 5.80. The zero-order chi connectivity index (χ0) is 16.2. The maximum atomic E-state index is 12.1. The number of sulfonamides is 1. The van der Waals surface area contributed by atoms with Gasteiger partial charge >= 0.3 is 5.97 Å². The average Bonchev–Trinajstić information content (AvgIpc) is 2.37. The van der Waals surface area contributed by atoms with Gasteiger partial charge in [0.15, 0.2) is 0 Å². The summed E-state index contributed by atoms with van der Waals surface area (Å²) >= 11 is 0. The van der Waals surface area contributed by atoms with Gasteiger partial charge in [-0.05, 0) is 19.4 Å².